The first-order valence-electron chi connectivity index (χ1n) is 29.7. The van der Waals surface area contributed by atoms with Gasteiger partial charge in [-0.1, -0.05) is 259 Å². The lowest BCUT2D eigenvalue weighted by Crippen LogP contribution is -2.30. The highest BCUT2D eigenvalue weighted by molar-refractivity contribution is 5.71. The minimum Gasteiger partial charge on any atom is -0.462 e. The van der Waals surface area contributed by atoms with Gasteiger partial charge in [-0.15, -0.1) is 0 Å². The van der Waals surface area contributed by atoms with Crippen LogP contribution in [0, 0.1) is 0 Å². The summed E-state index contributed by atoms with van der Waals surface area (Å²) in [6, 6.07) is 0. The molecule has 0 aromatic rings. The first kappa shape index (κ1) is 67.3. The Morgan fingerprint density at radius 3 is 0.944 bits per heavy atom. The zero-order chi connectivity index (χ0) is 51.4. The lowest BCUT2D eigenvalue weighted by atomic mass is 10.0. The van der Waals surface area contributed by atoms with Gasteiger partial charge in [0.25, 0.3) is 0 Å². The minimum absolute atomic E-state index is 0.115. The van der Waals surface area contributed by atoms with Gasteiger partial charge in [-0.25, -0.2) is 0 Å². The van der Waals surface area contributed by atoms with Crippen molar-refractivity contribution in [3.63, 3.8) is 0 Å². The fourth-order valence-electron chi connectivity index (χ4n) is 8.13. The molecule has 0 radical (unpaired) electrons. The lowest BCUT2D eigenvalue weighted by molar-refractivity contribution is -0.167. The monoisotopic (exact) mass is 987 g/mol. The molecule has 0 aliphatic carbocycles. The van der Waals surface area contributed by atoms with Crippen LogP contribution in [0.4, 0.5) is 0 Å². The summed E-state index contributed by atoms with van der Waals surface area (Å²) in [5.41, 5.74) is 0. The molecule has 0 unspecified atom stereocenters. The van der Waals surface area contributed by atoms with Crippen molar-refractivity contribution in [2.45, 2.75) is 284 Å². The Bertz CT molecular complexity index is 1410. The molecule has 0 N–H and O–H groups in total. The molecule has 0 saturated heterocycles. The standard InChI is InChI=1S/C65H110O6/c1-4-7-10-13-16-19-22-25-28-30-31-32-33-35-38-41-44-47-50-53-56-59-65(68)71-62(60-69-63(66)57-54-51-48-45-42-39-36-27-24-21-18-15-12-9-6-3)61-70-64(67)58-55-52-49-46-43-40-37-34-29-26-23-20-17-14-11-8-5-2/h9,12,17-18,20-21,26-27,29,36-37,40,42,45-46,49,62H,4-8,10-11,13-16,19,22-25,28,30-35,38-39,41,43-44,47-48,50-61H2,1-3H3/b12-9-,20-17-,21-18-,29-26-,36-27-,40-37-,45-42-,49-46-/t62-/m1/s1. The number of unbranched alkanes of at least 4 members (excludes halogenated alkanes) is 26. The first-order valence-corrected chi connectivity index (χ1v) is 29.7. The van der Waals surface area contributed by atoms with Gasteiger partial charge < -0.3 is 14.2 Å². The molecule has 0 rings (SSSR count). The Morgan fingerprint density at radius 2 is 0.563 bits per heavy atom. The third-order valence-electron chi connectivity index (χ3n) is 12.6. The molecule has 0 aliphatic heterocycles. The summed E-state index contributed by atoms with van der Waals surface area (Å²) in [4.78, 5) is 38.2. The smallest absolute Gasteiger partial charge is 0.306 e. The highest BCUT2D eigenvalue weighted by Crippen LogP contribution is 2.16. The van der Waals surface area contributed by atoms with Crippen LogP contribution < -0.4 is 0 Å². The van der Waals surface area contributed by atoms with Crippen LogP contribution >= 0.6 is 0 Å². The molecule has 6 nitrogen and oxygen atoms in total. The van der Waals surface area contributed by atoms with Crippen LogP contribution in [0.25, 0.3) is 0 Å². The molecule has 6 heteroatoms. The summed E-state index contributed by atoms with van der Waals surface area (Å²) in [6.45, 7) is 6.43. The van der Waals surface area contributed by atoms with Gasteiger partial charge in [-0.05, 0) is 96.3 Å². The van der Waals surface area contributed by atoms with Gasteiger partial charge in [0.05, 0.1) is 0 Å². The maximum atomic E-state index is 12.9. The fourth-order valence-corrected chi connectivity index (χ4v) is 8.13. The molecule has 0 fully saturated rings. The molecule has 0 amide bonds. The maximum Gasteiger partial charge on any atom is 0.306 e. The Balaban J connectivity index is 4.47. The molecule has 0 spiro atoms. The molecule has 0 aromatic heterocycles. The predicted molar refractivity (Wildman–Crippen MR) is 307 cm³/mol. The molecule has 0 bridgehead atoms. The van der Waals surface area contributed by atoms with Gasteiger partial charge in [0.1, 0.15) is 13.2 Å². The predicted octanol–water partition coefficient (Wildman–Crippen LogP) is 20.1. The second-order valence-electron chi connectivity index (χ2n) is 19.5. The number of allylic oxidation sites excluding steroid dienone is 16. The molecule has 0 aromatic carbocycles. The van der Waals surface area contributed by atoms with Crippen LogP contribution in [0.5, 0.6) is 0 Å². The van der Waals surface area contributed by atoms with Crippen molar-refractivity contribution in [2.75, 3.05) is 13.2 Å². The van der Waals surface area contributed by atoms with E-state index in [0.29, 0.717) is 25.7 Å². The van der Waals surface area contributed by atoms with Crippen LogP contribution in [0.1, 0.15) is 278 Å². The van der Waals surface area contributed by atoms with Crippen LogP contribution in [0.15, 0.2) is 97.2 Å². The van der Waals surface area contributed by atoms with Crippen molar-refractivity contribution in [3.8, 4) is 0 Å². The van der Waals surface area contributed by atoms with E-state index in [0.717, 1.165) is 83.5 Å². The SMILES string of the molecule is CC/C=C\C/C=C\C/C=C\C/C=C\CCCCC(=O)OC[C@H](COC(=O)CCC/C=C\C/C=C\C/C=C\C/C=C\CCCCC)OC(=O)CCCCCCCCCCCCCCCCCCCCCCC. The van der Waals surface area contributed by atoms with E-state index in [1.54, 1.807) is 0 Å². The summed E-state index contributed by atoms with van der Waals surface area (Å²) in [6.07, 6.45) is 78.4. The summed E-state index contributed by atoms with van der Waals surface area (Å²) in [5.74, 6) is -1.00. The van der Waals surface area contributed by atoms with Gasteiger partial charge in [-0.3, -0.25) is 14.4 Å². The van der Waals surface area contributed by atoms with Crippen molar-refractivity contribution in [3.05, 3.63) is 97.2 Å². The van der Waals surface area contributed by atoms with E-state index < -0.39 is 6.10 Å². The molecule has 406 valence electrons. The van der Waals surface area contributed by atoms with Gasteiger partial charge in [0.2, 0.25) is 0 Å². The topological polar surface area (TPSA) is 78.9 Å². The highest BCUT2D eigenvalue weighted by atomic mass is 16.6. The van der Waals surface area contributed by atoms with E-state index in [1.165, 1.54) is 141 Å². The number of carbonyl (C=O) groups is 3. The minimum atomic E-state index is -0.816. The number of hydrogen-bond acceptors (Lipinski definition) is 6. The van der Waals surface area contributed by atoms with E-state index in [-0.39, 0.29) is 37.5 Å². The molecule has 0 aliphatic rings. The highest BCUT2D eigenvalue weighted by Gasteiger charge is 2.19. The Hall–Kier alpha value is -3.67. The van der Waals surface area contributed by atoms with Crippen molar-refractivity contribution < 1.29 is 28.6 Å². The maximum absolute atomic E-state index is 12.9. The Morgan fingerprint density at radius 1 is 0.296 bits per heavy atom. The largest absolute Gasteiger partial charge is 0.462 e. The van der Waals surface area contributed by atoms with Crippen LogP contribution in [-0.4, -0.2) is 37.2 Å². The van der Waals surface area contributed by atoms with Gasteiger partial charge in [0, 0.05) is 19.3 Å². The van der Waals surface area contributed by atoms with Crippen LogP contribution in [-0.2, 0) is 28.6 Å². The molecular formula is C65H110O6. The third-order valence-corrected chi connectivity index (χ3v) is 12.6. The quantitative estimate of drug-likeness (QED) is 0.0261. The number of ether oxygens (including phenoxy) is 3. The van der Waals surface area contributed by atoms with Gasteiger partial charge in [-0.2, -0.15) is 0 Å². The van der Waals surface area contributed by atoms with Gasteiger partial charge in [0.15, 0.2) is 6.10 Å². The van der Waals surface area contributed by atoms with Crippen molar-refractivity contribution >= 4 is 17.9 Å². The van der Waals surface area contributed by atoms with E-state index in [2.05, 4.69) is 118 Å². The van der Waals surface area contributed by atoms with Crippen molar-refractivity contribution in [2.24, 2.45) is 0 Å². The van der Waals surface area contributed by atoms with E-state index in [9.17, 15) is 14.4 Å². The molecule has 1 atom stereocenters. The Labute approximate surface area is 438 Å². The molecule has 71 heavy (non-hydrogen) atoms. The Kier molecular flexibility index (Phi) is 55.9. The van der Waals surface area contributed by atoms with E-state index >= 15 is 0 Å². The van der Waals surface area contributed by atoms with E-state index in [4.69, 9.17) is 14.2 Å². The second-order valence-corrected chi connectivity index (χ2v) is 19.5. The normalized spacial score (nSPS) is 12.8. The average molecular weight is 988 g/mol. The number of esters is 3. The average Bonchev–Trinajstić information content (AvgIpc) is 3.37. The fraction of sp³-hybridized carbons (Fsp3) is 0.708. The van der Waals surface area contributed by atoms with E-state index in [1.807, 2.05) is 0 Å². The van der Waals surface area contributed by atoms with Crippen LogP contribution in [0.2, 0.25) is 0 Å². The number of rotatable bonds is 53. The summed E-state index contributed by atoms with van der Waals surface area (Å²) in [5, 5.41) is 0. The van der Waals surface area contributed by atoms with Crippen LogP contribution in [0.3, 0.4) is 0 Å². The number of carbonyl (C=O) groups excluding carboxylic acids is 3. The lowest BCUT2D eigenvalue weighted by Gasteiger charge is -2.18. The zero-order valence-electron chi connectivity index (χ0n) is 46.5. The zero-order valence-corrected chi connectivity index (χ0v) is 46.5. The molecular weight excluding hydrogens is 877 g/mol. The number of hydrogen-bond donors (Lipinski definition) is 0. The summed E-state index contributed by atoms with van der Waals surface area (Å²) in [7, 11) is 0. The van der Waals surface area contributed by atoms with Crippen molar-refractivity contribution in [1.29, 1.82) is 0 Å². The molecule has 0 heterocycles. The van der Waals surface area contributed by atoms with Gasteiger partial charge >= 0.3 is 17.9 Å². The first-order chi connectivity index (χ1) is 35.0. The summed E-state index contributed by atoms with van der Waals surface area (Å²) >= 11 is 0. The molecule has 0 saturated carbocycles. The summed E-state index contributed by atoms with van der Waals surface area (Å²) < 4.78 is 16.8. The second kappa shape index (κ2) is 58.9. The third kappa shape index (κ3) is 57.1. The van der Waals surface area contributed by atoms with Crippen molar-refractivity contribution in [1.82, 2.24) is 0 Å².